The first-order valence-electron chi connectivity index (χ1n) is 2.34. The van der Waals surface area contributed by atoms with E-state index >= 15 is 0 Å². The van der Waals surface area contributed by atoms with Crippen LogP contribution in [0.2, 0.25) is 0 Å². The minimum absolute atomic E-state index is 0.323. The molecule has 0 saturated heterocycles. The van der Waals surface area contributed by atoms with E-state index < -0.39 is 6.23 Å². The Labute approximate surface area is 46.9 Å². The van der Waals surface area contributed by atoms with Crippen LogP contribution in [-0.4, -0.2) is 17.9 Å². The highest BCUT2D eigenvalue weighted by molar-refractivity contribution is 5.00. The Hall–Kier alpha value is -0.580. The van der Waals surface area contributed by atoms with Crippen LogP contribution in [0.25, 0.3) is 0 Å². The summed E-state index contributed by atoms with van der Waals surface area (Å²) in [5.74, 6) is 0.581. The second kappa shape index (κ2) is 2.13. The van der Waals surface area contributed by atoms with Gasteiger partial charge >= 0.3 is 0 Å². The molecule has 1 aliphatic heterocycles. The van der Waals surface area contributed by atoms with Gasteiger partial charge in [-0.15, -0.1) is 5.48 Å². The molecule has 0 aromatic carbocycles. The summed E-state index contributed by atoms with van der Waals surface area (Å²) in [6.07, 6.45) is 0.827. The minimum atomic E-state index is -0.687. The van der Waals surface area contributed by atoms with Crippen molar-refractivity contribution >= 4 is 0 Å². The Morgan fingerprint density at radius 1 is 2.00 bits per heavy atom. The average molecular weight is 116 g/mol. The van der Waals surface area contributed by atoms with E-state index in [2.05, 4.69) is 10.3 Å². The summed E-state index contributed by atoms with van der Waals surface area (Å²) in [7, 11) is 0. The molecule has 0 spiro atoms. The third-order valence-electron chi connectivity index (χ3n) is 0.856. The maximum atomic E-state index is 8.66. The summed E-state index contributed by atoms with van der Waals surface area (Å²) < 4.78 is 0. The topological polar surface area (TPSA) is 67.5 Å². The second-order valence-electron chi connectivity index (χ2n) is 1.50. The van der Waals surface area contributed by atoms with Gasteiger partial charge in [0.25, 0.3) is 0 Å². The zero-order valence-electron chi connectivity index (χ0n) is 4.29. The zero-order chi connectivity index (χ0) is 5.98. The predicted molar refractivity (Wildman–Crippen MR) is 27.4 cm³/mol. The van der Waals surface area contributed by atoms with Crippen LogP contribution in [-0.2, 0) is 4.84 Å². The summed E-state index contributed by atoms with van der Waals surface area (Å²) in [6.45, 7) is 0.323. The van der Waals surface area contributed by atoms with Crippen LogP contribution in [0.1, 0.15) is 0 Å². The monoisotopic (exact) mass is 116 g/mol. The number of hydrogen-bond acceptors (Lipinski definition) is 4. The van der Waals surface area contributed by atoms with Crippen LogP contribution in [0, 0.1) is 0 Å². The summed E-state index contributed by atoms with van der Waals surface area (Å²) in [4.78, 5) is 4.65. The number of aliphatic hydroxyl groups is 1. The maximum Gasteiger partial charge on any atom is 0.159 e. The van der Waals surface area contributed by atoms with Gasteiger partial charge in [0.1, 0.15) is 5.76 Å². The summed E-state index contributed by atoms with van der Waals surface area (Å²) >= 11 is 0. The van der Waals surface area contributed by atoms with Gasteiger partial charge in [-0.3, -0.25) is 0 Å². The number of nitrogens with one attached hydrogen (secondary N) is 1. The lowest BCUT2D eigenvalue weighted by Crippen LogP contribution is -2.19. The van der Waals surface area contributed by atoms with Crippen LogP contribution >= 0.6 is 0 Å². The Morgan fingerprint density at radius 2 is 2.75 bits per heavy atom. The molecule has 0 aromatic heterocycles. The smallest absolute Gasteiger partial charge is 0.159 e. The molecule has 0 fully saturated rings. The molecule has 1 aliphatic rings. The van der Waals surface area contributed by atoms with Crippen molar-refractivity contribution in [3.63, 3.8) is 0 Å². The molecule has 4 nitrogen and oxygen atoms in total. The Kier molecular flexibility index (Phi) is 1.48. The third-order valence-corrected chi connectivity index (χ3v) is 0.856. The first-order valence-corrected chi connectivity index (χ1v) is 2.34. The molecule has 0 aromatic rings. The van der Waals surface area contributed by atoms with Crippen molar-refractivity contribution in [2.24, 2.45) is 5.73 Å². The molecule has 0 aliphatic carbocycles. The molecule has 8 heavy (non-hydrogen) atoms. The third kappa shape index (κ3) is 0.975. The first kappa shape index (κ1) is 5.55. The van der Waals surface area contributed by atoms with E-state index in [4.69, 9.17) is 10.8 Å². The van der Waals surface area contributed by atoms with Crippen molar-refractivity contribution in [2.75, 3.05) is 6.54 Å². The number of aliphatic hydroxyl groups excluding tert-OH is 1. The van der Waals surface area contributed by atoms with Gasteiger partial charge < -0.3 is 15.7 Å². The minimum Gasteiger partial charge on any atom is -0.409 e. The fraction of sp³-hybridized carbons (Fsp3) is 0.500. The lowest BCUT2D eigenvalue weighted by Gasteiger charge is -1.97. The summed E-state index contributed by atoms with van der Waals surface area (Å²) in [5, 5.41) is 8.66. The van der Waals surface area contributed by atoms with Crippen molar-refractivity contribution in [3.8, 4) is 0 Å². The van der Waals surface area contributed by atoms with Gasteiger partial charge in [0.2, 0.25) is 0 Å². The Bertz CT molecular complexity index is 113. The molecule has 46 valence electrons. The molecule has 1 heterocycles. The Balaban J connectivity index is 2.44. The Morgan fingerprint density at radius 3 is 3.00 bits per heavy atom. The quantitative estimate of drug-likeness (QED) is 0.397. The van der Waals surface area contributed by atoms with Crippen LogP contribution in [0.3, 0.4) is 0 Å². The average Bonchev–Trinajstić information content (AvgIpc) is 2.14. The van der Waals surface area contributed by atoms with E-state index in [0.717, 1.165) is 0 Å². The molecule has 0 radical (unpaired) electrons. The summed E-state index contributed by atoms with van der Waals surface area (Å²) in [6, 6.07) is 0. The lowest BCUT2D eigenvalue weighted by atomic mass is 10.4. The van der Waals surface area contributed by atoms with Crippen LogP contribution < -0.4 is 11.2 Å². The van der Waals surface area contributed by atoms with E-state index in [1.165, 1.54) is 6.08 Å². The van der Waals surface area contributed by atoms with E-state index in [1.54, 1.807) is 0 Å². The molecule has 0 saturated carbocycles. The molecule has 0 amide bonds. The number of hydroxylamine groups is 1. The number of nitrogens with two attached hydrogens (primary N) is 1. The first-order chi connectivity index (χ1) is 3.83. The van der Waals surface area contributed by atoms with Crippen molar-refractivity contribution in [3.05, 3.63) is 11.8 Å². The van der Waals surface area contributed by atoms with Crippen LogP contribution in [0.15, 0.2) is 11.8 Å². The van der Waals surface area contributed by atoms with E-state index in [-0.39, 0.29) is 0 Å². The number of rotatable bonds is 1. The molecule has 4 heteroatoms. The van der Waals surface area contributed by atoms with Gasteiger partial charge in [-0.25, -0.2) is 0 Å². The van der Waals surface area contributed by atoms with Gasteiger partial charge in [0, 0.05) is 6.08 Å². The van der Waals surface area contributed by atoms with E-state index in [1.807, 2.05) is 0 Å². The largest absolute Gasteiger partial charge is 0.409 e. The molecule has 4 N–H and O–H groups in total. The highest BCUT2D eigenvalue weighted by atomic mass is 16.7. The summed E-state index contributed by atoms with van der Waals surface area (Å²) in [5.41, 5.74) is 7.46. The standard InChI is InChI=1S/C4H8N2O2/c5-2-3-1-4(7)6-8-3/h1,4,6-7H,2,5H2. The lowest BCUT2D eigenvalue weighted by molar-refractivity contribution is 0.0344. The maximum absolute atomic E-state index is 8.66. The van der Waals surface area contributed by atoms with Crippen LogP contribution in [0.4, 0.5) is 0 Å². The van der Waals surface area contributed by atoms with Gasteiger partial charge in [-0.05, 0) is 0 Å². The van der Waals surface area contributed by atoms with Crippen molar-refractivity contribution in [1.82, 2.24) is 5.48 Å². The molecule has 1 rings (SSSR count). The predicted octanol–water partition coefficient (Wildman–Crippen LogP) is -1.32. The molecular formula is C4H8N2O2. The van der Waals surface area contributed by atoms with Crippen molar-refractivity contribution in [2.45, 2.75) is 6.23 Å². The van der Waals surface area contributed by atoms with Crippen LogP contribution in [0.5, 0.6) is 0 Å². The van der Waals surface area contributed by atoms with Gasteiger partial charge in [-0.1, -0.05) is 0 Å². The van der Waals surface area contributed by atoms with Crippen molar-refractivity contribution < 1.29 is 9.94 Å². The molecule has 0 bridgehead atoms. The molecule has 1 atom stereocenters. The molecular weight excluding hydrogens is 108 g/mol. The van der Waals surface area contributed by atoms with Gasteiger partial charge in [-0.2, -0.15) is 0 Å². The van der Waals surface area contributed by atoms with Crippen molar-refractivity contribution in [1.29, 1.82) is 0 Å². The molecule has 1 unspecified atom stereocenters. The van der Waals surface area contributed by atoms with Gasteiger partial charge in [0.15, 0.2) is 6.23 Å². The highest BCUT2D eigenvalue weighted by Gasteiger charge is 2.10. The fourth-order valence-corrected chi connectivity index (χ4v) is 0.490. The second-order valence-corrected chi connectivity index (χ2v) is 1.50. The highest BCUT2D eigenvalue weighted by Crippen LogP contribution is 2.01. The van der Waals surface area contributed by atoms with E-state index in [9.17, 15) is 0 Å². The fourth-order valence-electron chi connectivity index (χ4n) is 0.490. The number of hydrogen-bond donors (Lipinski definition) is 3. The SMILES string of the molecule is NCC1=CC(O)NO1. The normalized spacial score (nSPS) is 27.2. The van der Waals surface area contributed by atoms with E-state index in [0.29, 0.717) is 12.3 Å². The zero-order valence-corrected chi connectivity index (χ0v) is 4.29. The van der Waals surface area contributed by atoms with Gasteiger partial charge in [0.05, 0.1) is 6.54 Å².